The maximum Gasteiger partial charge on any atom is 0.220 e. The molecule has 1 unspecified atom stereocenters. The van der Waals surface area contributed by atoms with Gasteiger partial charge < -0.3 is 14.8 Å². The van der Waals surface area contributed by atoms with Crippen molar-refractivity contribution in [3.05, 3.63) is 59.5 Å². The molecule has 122 valence electrons. The van der Waals surface area contributed by atoms with Gasteiger partial charge in [-0.25, -0.2) is 0 Å². The second-order valence-corrected chi connectivity index (χ2v) is 5.82. The van der Waals surface area contributed by atoms with Gasteiger partial charge in [-0.1, -0.05) is 29.8 Å². The van der Waals surface area contributed by atoms with Crippen molar-refractivity contribution < 1.29 is 19.1 Å². The molecule has 0 radical (unpaired) electrons. The van der Waals surface area contributed by atoms with Gasteiger partial charge in [0.05, 0.1) is 12.8 Å². The molecule has 1 amide bonds. The Hall–Kier alpha value is -2.40. The van der Waals surface area contributed by atoms with E-state index in [0.717, 1.165) is 5.56 Å². The zero-order valence-electron chi connectivity index (χ0n) is 13.3. The Morgan fingerprint density at radius 2 is 1.87 bits per heavy atom. The van der Waals surface area contributed by atoms with E-state index in [-0.39, 0.29) is 31.1 Å². The minimum atomic E-state index is -1.28. The van der Waals surface area contributed by atoms with E-state index in [2.05, 4.69) is 5.32 Å². The first-order chi connectivity index (χ1) is 10.9. The summed E-state index contributed by atoms with van der Waals surface area (Å²) < 4.78 is 5.14. The fourth-order valence-corrected chi connectivity index (χ4v) is 2.14. The third-order valence-corrected chi connectivity index (χ3v) is 3.63. The summed E-state index contributed by atoms with van der Waals surface area (Å²) in [4.78, 5) is 23.8. The Bertz CT molecular complexity index is 657. The number of hydrogen-bond acceptors (Lipinski definition) is 4. The number of rotatable bonds is 7. The Kier molecular flexibility index (Phi) is 5.34. The normalized spacial score (nSPS) is 13.3. The number of ketones is 1. The molecule has 0 aliphatic carbocycles. The number of aliphatic hydroxyl groups is 1. The first-order valence-electron chi connectivity index (χ1n) is 7.51. The van der Waals surface area contributed by atoms with Crippen LogP contribution in [0.2, 0.25) is 0 Å². The van der Waals surface area contributed by atoms with Gasteiger partial charge in [-0.15, -0.1) is 0 Å². The molecule has 5 nitrogen and oxygen atoms in total. The molecular formula is C18H21NO4. The molecule has 0 aliphatic rings. The smallest absolute Gasteiger partial charge is 0.220 e. The number of aryl methyl sites for hydroxylation is 1. The molecule has 0 bridgehead atoms. The molecule has 1 atom stereocenters. The molecule has 0 spiro atoms. The lowest BCUT2D eigenvalue weighted by Crippen LogP contribution is -2.38. The van der Waals surface area contributed by atoms with Crippen LogP contribution < -0.4 is 5.32 Å². The Morgan fingerprint density at radius 3 is 2.48 bits per heavy atom. The molecule has 0 saturated heterocycles. The fourth-order valence-electron chi connectivity index (χ4n) is 2.14. The number of Topliss-reactive ketones (excluding diaryl/α,β-unsaturated/α-hetero) is 1. The summed E-state index contributed by atoms with van der Waals surface area (Å²) >= 11 is 0. The van der Waals surface area contributed by atoms with Crippen molar-refractivity contribution in [2.24, 2.45) is 0 Å². The minimum absolute atomic E-state index is 0.0259. The second kappa shape index (κ2) is 7.24. The molecule has 2 N–H and O–H groups in total. The van der Waals surface area contributed by atoms with Crippen LogP contribution >= 0.6 is 0 Å². The fraction of sp³-hybridized carbons (Fsp3) is 0.333. The monoisotopic (exact) mass is 315 g/mol. The number of amides is 1. The average Bonchev–Trinajstić information content (AvgIpc) is 3.06. The highest BCUT2D eigenvalue weighted by Gasteiger charge is 2.26. The van der Waals surface area contributed by atoms with Gasteiger partial charge in [-0.3, -0.25) is 9.59 Å². The van der Waals surface area contributed by atoms with Crippen molar-refractivity contribution >= 4 is 11.7 Å². The Balaban J connectivity index is 1.79. The zero-order valence-corrected chi connectivity index (χ0v) is 13.3. The van der Waals surface area contributed by atoms with Crippen molar-refractivity contribution in [1.29, 1.82) is 0 Å². The number of carbonyl (C=O) groups is 2. The molecule has 0 fully saturated rings. The van der Waals surface area contributed by atoms with Crippen LogP contribution in [0.3, 0.4) is 0 Å². The van der Waals surface area contributed by atoms with E-state index in [9.17, 15) is 14.7 Å². The SMILES string of the molecule is Cc1ccc(C(=O)CCC(=O)NCC(C)(O)c2ccco2)cc1. The summed E-state index contributed by atoms with van der Waals surface area (Å²) in [6.07, 6.45) is 1.69. The van der Waals surface area contributed by atoms with Crippen molar-refractivity contribution in [3.8, 4) is 0 Å². The van der Waals surface area contributed by atoms with E-state index in [1.165, 1.54) is 6.26 Å². The third-order valence-electron chi connectivity index (χ3n) is 3.63. The van der Waals surface area contributed by atoms with E-state index < -0.39 is 5.60 Å². The first kappa shape index (κ1) is 17.0. The molecule has 2 rings (SSSR count). The highest BCUT2D eigenvalue weighted by molar-refractivity contribution is 5.97. The number of carbonyl (C=O) groups excluding carboxylic acids is 2. The molecule has 1 aromatic carbocycles. The molecule has 0 saturated carbocycles. The van der Waals surface area contributed by atoms with Crippen LogP contribution in [0.4, 0.5) is 0 Å². The van der Waals surface area contributed by atoms with Crippen molar-refractivity contribution in [1.82, 2.24) is 5.32 Å². The van der Waals surface area contributed by atoms with Crippen molar-refractivity contribution in [2.75, 3.05) is 6.54 Å². The van der Waals surface area contributed by atoms with Gasteiger partial charge in [0.1, 0.15) is 11.4 Å². The molecule has 2 aromatic rings. The van der Waals surface area contributed by atoms with Crippen molar-refractivity contribution in [2.45, 2.75) is 32.3 Å². The summed E-state index contributed by atoms with van der Waals surface area (Å²) in [5.41, 5.74) is 0.408. The first-order valence-corrected chi connectivity index (χ1v) is 7.51. The molecule has 1 heterocycles. The van der Waals surface area contributed by atoms with Crippen LogP contribution in [0.25, 0.3) is 0 Å². The van der Waals surface area contributed by atoms with Crippen molar-refractivity contribution in [3.63, 3.8) is 0 Å². The van der Waals surface area contributed by atoms with Crippen LogP contribution in [-0.2, 0) is 10.4 Å². The van der Waals surface area contributed by atoms with Crippen LogP contribution in [0.5, 0.6) is 0 Å². The predicted octanol–water partition coefficient (Wildman–Crippen LogP) is 2.57. The summed E-state index contributed by atoms with van der Waals surface area (Å²) in [6.45, 7) is 3.54. The van der Waals surface area contributed by atoms with Gasteiger partial charge in [0.2, 0.25) is 5.91 Å². The molecular weight excluding hydrogens is 294 g/mol. The van der Waals surface area contributed by atoms with Gasteiger partial charge in [-0.2, -0.15) is 0 Å². The van der Waals surface area contributed by atoms with Gasteiger partial charge in [0.25, 0.3) is 0 Å². The predicted molar refractivity (Wildman–Crippen MR) is 86.0 cm³/mol. The van der Waals surface area contributed by atoms with E-state index in [1.807, 2.05) is 19.1 Å². The maximum absolute atomic E-state index is 12.0. The number of nitrogens with one attached hydrogen (secondary N) is 1. The summed E-state index contributed by atoms with van der Waals surface area (Å²) in [5.74, 6) is 0.0313. The van der Waals surface area contributed by atoms with E-state index in [1.54, 1.807) is 31.2 Å². The van der Waals surface area contributed by atoms with Crippen LogP contribution in [-0.4, -0.2) is 23.3 Å². The lowest BCUT2D eigenvalue weighted by Gasteiger charge is -2.21. The zero-order chi connectivity index (χ0) is 16.9. The van der Waals surface area contributed by atoms with Gasteiger partial charge in [0.15, 0.2) is 5.78 Å². The maximum atomic E-state index is 12.0. The second-order valence-electron chi connectivity index (χ2n) is 5.82. The summed E-state index contributed by atoms with van der Waals surface area (Å²) in [7, 11) is 0. The van der Waals surface area contributed by atoms with Gasteiger partial charge in [0, 0.05) is 18.4 Å². The summed E-state index contributed by atoms with van der Waals surface area (Å²) in [6, 6.07) is 10.6. The highest BCUT2D eigenvalue weighted by Crippen LogP contribution is 2.19. The average molecular weight is 315 g/mol. The lowest BCUT2D eigenvalue weighted by atomic mass is 10.0. The summed E-state index contributed by atoms with van der Waals surface area (Å²) in [5, 5.41) is 12.9. The molecule has 23 heavy (non-hydrogen) atoms. The largest absolute Gasteiger partial charge is 0.466 e. The van der Waals surface area contributed by atoms with Gasteiger partial charge >= 0.3 is 0 Å². The highest BCUT2D eigenvalue weighted by atomic mass is 16.4. The molecule has 0 aliphatic heterocycles. The number of benzene rings is 1. The Morgan fingerprint density at radius 1 is 1.17 bits per heavy atom. The third kappa shape index (κ3) is 4.79. The van der Waals surface area contributed by atoms with E-state index in [0.29, 0.717) is 11.3 Å². The van der Waals surface area contributed by atoms with Crippen LogP contribution in [0, 0.1) is 6.92 Å². The molecule has 5 heteroatoms. The topological polar surface area (TPSA) is 79.5 Å². The lowest BCUT2D eigenvalue weighted by molar-refractivity contribution is -0.122. The number of furan rings is 1. The van der Waals surface area contributed by atoms with E-state index in [4.69, 9.17) is 4.42 Å². The number of hydrogen-bond donors (Lipinski definition) is 2. The van der Waals surface area contributed by atoms with Crippen LogP contribution in [0.1, 0.15) is 41.4 Å². The quantitative estimate of drug-likeness (QED) is 0.770. The van der Waals surface area contributed by atoms with Gasteiger partial charge in [-0.05, 0) is 26.0 Å². The minimum Gasteiger partial charge on any atom is -0.466 e. The van der Waals surface area contributed by atoms with Crippen LogP contribution in [0.15, 0.2) is 47.1 Å². The van der Waals surface area contributed by atoms with E-state index >= 15 is 0 Å². The Labute approximate surface area is 135 Å². The molecule has 1 aromatic heterocycles. The standard InChI is InChI=1S/C18H21NO4/c1-13-5-7-14(8-6-13)15(20)9-10-17(21)19-12-18(2,22)16-4-3-11-23-16/h3-8,11,22H,9-10,12H2,1-2H3,(H,19,21).